The van der Waals surface area contributed by atoms with Crippen molar-refractivity contribution in [1.29, 1.82) is 0 Å². The third-order valence-corrected chi connectivity index (χ3v) is 2.03. The third kappa shape index (κ3) is 3.82. The first-order chi connectivity index (χ1) is 7.90. The number of carbonyl (C=O) groups excluding carboxylic acids is 1. The van der Waals surface area contributed by atoms with E-state index in [0.717, 1.165) is 12.1 Å². The van der Waals surface area contributed by atoms with Gasteiger partial charge in [-0.3, -0.25) is 14.9 Å². The van der Waals surface area contributed by atoms with Crippen LogP contribution in [0.4, 0.5) is 10.1 Å². The van der Waals surface area contributed by atoms with Crippen LogP contribution in [0.1, 0.15) is 20.3 Å². The van der Waals surface area contributed by atoms with Crippen molar-refractivity contribution in [3.63, 3.8) is 0 Å². The standard InChI is InChI=1S/C11H12FNO4/c1-7(14)5-8(2)17-11-4-3-9(13(15)16)6-10(11)12/h3-4,6,8H,5H2,1-2H3. The number of nitrogens with zero attached hydrogens (tertiary/aromatic N) is 1. The second-order valence-electron chi connectivity index (χ2n) is 3.71. The molecular weight excluding hydrogens is 229 g/mol. The van der Waals surface area contributed by atoms with Gasteiger partial charge in [0.05, 0.1) is 11.0 Å². The van der Waals surface area contributed by atoms with E-state index in [-0.39, 0.29) is 23.6 Å². The Kier molecular flexibility index (Phi) is 4.14. The van der Waals surface area contributed by atoms with E-state index in [9.17, 15) is 19.3 Å². The molecule has 0 amide bonds. The molecule has 5 nitrogen and oxygen atoms in total. The van der Waals surface area contributed by atoms with Gasteiger partial charge < -0.3 is 4.74 Å². The highest BCUT2D eigenvalue weighted by molar-refractivity contribution is 5.75. The molecule has 1 rings (SSSR count). The van der Waals surface area contributed by atoms with Crippen LogP contribution in [0.15, 0.2) is 18.2 Å². The summed E-state index contributed by atoms with van der Waals surface area (Å²) in [4.78, 5) is 20.5. The Hall–Kier alpha value is -1.98. The molecule has 0 aliphatic rings. The number of hydrogen-bond donors (Lipinski definition) is 0. The SMILES string of the molecule is CC(=O)CC(C)Oc1ccc([N+](=O)[O-])cc1F. The molecule has 0 aliphatic heterocycles. The van der Waals surface area contributed by atoms with Crippen LogP contribution in [-0.2, 0) is 4.79 Å². The minimum absolute atomic E-state index is 0.0696. The fourth-order valence-corrected chi connectivity index (χ4v) is 1.36. The zero-order valence-corrected chi connectivity index (χ0v) is 9.47. The molecule has 1 aromatic rings. The molecule has 92 valence electrons. The number of rotatable bonds is 5. The van der Waals surface area contributed by atoms with Gasteiger partial charge in [-0.05, 0) is 19.9 Å². The molecule has 0 aliphatic carbocycles. The summed E-state index contributed by atoms with van der Waals surface area (Å²) in [5.74, 6) is -0.973. The van der Waals surface area contributed by atoms with Crippen molar-refractivity contribution in [3.8, 4) is 5.75 Å². The fraction of sp³-hybridized carbons (Fsp3) is 0.364. The minimum atomic E-state index is -0.811. The molecule has 0 heterocycles. The molecule has 0 saturated carbocycles. The Labute approximate surface area is 97.3 Å². The number of benzene rings is 1. The number of nitro groups is 1. The summed E-state index contributed by atoms with van der Waals surface area (Å²) >= 11 is 0. The van der Waals surface area contributed by atoms with E-state index in [1.165, 1.54) is 13.0 Å². The summed E-state index contributed by atoms with van der Waals surface area (Å²) in [5.41, 5.74) is -0.339. The second-order valence-corrected chi connectivity index (χ2v) is 3.71. The molecule has 0 saturated heterocycles. The maximum atomic E-state index is 13.4. The zero-order chi connectivity index (χ0) is 13.0. The Morgan fingerprint density at radius 1 is 1.59 bits per heavy atom. The Morgan fingerprint density at radius 3 is 2.71 bits per heavy atom. The highest BCUT2D eigenvalue weighted by Gasteiger charge is 2.14. The van der Waals surface area contributed by atoms with E-state index in [1.54, 1.807) is 6.92 Å². The lowest BCUT2D eigenvalue weighted by Crippen LogP contribution is -2.16. The van der Waals surface area contributed by atoms with E-state index in [0.29, 0.717) is 0 Å². The van der Waals surface area contributed by atoms with Crippen LogP contribution in [0.25, 0.3) is 0 Å². The van der Waals surface area contributed by atoms with Crippen molar-refractivity contribution in [3.05, 3.63) is 34.1 Å². The van der Waals surface area contributed by atoms with Gasteiger partial charge in [-0.1, -0.05) is 0 Å². The Bertz CT molecular complexity index is 447. The van der Waals surface area contributed by atoms with Gasteiger partial charge in [-0.2, -0.15) is 0 Å². The van der Waals surface area contributed by atoms with Crippen LogP contribution in [-0.4, -0.2) is 16.8 Å². The van der Waals surface area contributed by atoms with Crippen molar-refractivity contribution in [2.24, 2.45) is 0 Å². The first kappa shape index (κ1) is 13.1. The molecule has 1 atom stereocenters. The number of carbonyl (C=O) groups is 1. The number of ether oxygens (including phenoxy) is 1. The van der Waals surface area contributed by atoms with Crippen molar-refractivity contribution in [1.82, 2.24) is 0 Å². The number of hydrogen-bond acceptors (Lipinski definition) is 4. The number of halogens is 1. The van der Waals surface area contributed by atoms with Gasteiger partial charge in [-0.25, -0.2) is 4.39 Å². The Balaban J connectivity index is 2.79. The average Bonchev–Trinajstić information content (AvgIpc) is 2.19. The summed E-state index contributed by atoms with van der Waals surface area (Å²) in [6.07, 6.45) is -0.306. The third-order valence-electron chi connectivity index (χ3n) is 2.03. The number of non-ortho nitro benzene ring substituents is 1. The fourth-order valence-electron chi connectivity index (χ4n) is 1.36. The summed E-state index contributed by atoms with van der Waals surface area (Å²) in [5, 5.41) is 10.4. The molecule has 1 aromatic carbocycles. The van der Waals surface area contributed by atoms with Gasteiger partial charge in [0.15, 0.2) is 11.6 Å². The summed E-state index contributed by atoms with van der Waals surface area (Å²) in [6, 6.07) is 3.12. The lowest BCUT2D eigenvalue weighted by atomic mass is 10.2. The maximum Gasteiger partial charge on any atom is 0.272 e. The van der Waals surface area contributed by atoms with Crippen LogP contribution in [0, 0.1) is 15.9 Å². The number of Topliss-reactive ketones (excluding diaryl/α,β-unsaturated/α-hetero) is 1. The highest BCUT2D eigenvalue weighted by atomic mass is 19.1. The monoisotopic (exact) mass is 241 g/mol. The molecule has 0 spiro atoms. The van der Waals surface area contributed by atoms with Crippen LogP contribution < -0.4 is 4.74 Å². The first-order valence-corrected chi connectivity index (χ1v) is 5.00. The lowest BCUT2D eigenvalue weighted by Gasteiger charge is -2.13. The van der Waals surface area contributed by atoms with Gasteiger partial charge in [0.2, 0.25) is 0 Å². The topological polar surface area (TPSA) is 69.4 Å². The van der Waals surface area contributed by atoms with E-state index >= 15 is 0 Å². The largest absolute Gasteiger partial charge is 0.487 e. The molecule has 6 heteroatoms. The quantitative estimate of drug-likeness (QED) is 0.586. The van der Waals surface area contributed by atoms with Crippen LogP contribution in [0.5, 0.6) is 5.75 Å². The number of nitro benzene ring substituents is 1. The molecule has 0 aromatic heterocycles. The maximum absolute atomic E-state index is 13.4. The van der Waals surface area contributed by atoms with Gasteiger partial charge in [0, 0.05) is 12.5 Å². The zero-order valence-electron chi connectivity index (χ0n) is 9.47. The molecule has 0 N–H and O–H groups in total. The van der Waals surface area contributed by atoms with Crippen molar-refractivity contribution >= 4 is 11.5 Å². The molecule has 0 bridgehead atoms. The molecule has 0 radical (unpaired) electrons. The van der Waals surface area contributed by atoms with E-state index in [4.69, 9.17) is 4.74 Å². The van der Waals surface area contributed by atoms with Gasteiger partial charge in [0.25, 0.3) is 5.69 Å². The average molecular weight is 241 g/mol. The molecule has 1 unspecified atom stereocenters. The Morgan fingerprint density at radius 2 is 2.24 bits per heavy atom. The molecular formula is C11H12FNO4. The minimum Gasteiger partial charge on any atom is -0.487 e. The highest BCUT2D eigenvalue weighted by Crippen LogP contribution is 2.23. The van der Waals surface area contributed by atoms with Gasteiger partial charge in [0.1, 0.15) is 11.9 Å². The molecule has 17 heavy (non-hydrogen) atoms. The van der Waals surface area contributed by atoms with Crippen molar-refractivity contribution < 1.29 is 18.8 Å². The van der Waals surface area contributed by atoms with Crippen LogP contribution >= 0.6 is 0 Å². The first-order valence-electron chi connectivity index (χ1n) is 5.00. The van der Waals surface area contributed by atoms with Crippen LogP contribution in [0.3, 0.4) is 0 Å². The van der Waals surface area contributed by atoms with Crippen molar-refractivity contribution in [2.75, 3.05) is 0 Å². The van der Waals surface area contributed by atoms with Crippen LogP contribution in [0.2, 0.25) is 0 Å². The van der Waals surface area contributed by atoms with E-state index < -0.39 is 16.8 Å². The normalized spacial score (nSPS) is 11.9. The summed E-state index contributed by atoms with van der Waals surface area (Å²) in [6.45, 7) is 3.04. The summed E-state index contributed by atoms with van der Waals surface area (Å²) < 4.78 is 18.6. The second kappa shape index (κ2) is 5.38. The van der Waals surface area contributed by atoms with E-state index in [1.807, 2.05) is 0 Å². The predicted molar refractivity (Wildman–Crippen MR) is 58.4 cm³/mol. The lowest BCUT2D eigenvalue weighted by molar-refractivity contribution is -0.385. The van der Waals surface area contributed by atoms with Gasteiger partial charge >= 0.3 is 0 Å². The predicted octanol–water partition coefficient (Wildman–Crippen LogP) is 2.48. The van der Waals surface area contributed by atoms with E-state index in [2.05, 4.69) is 0 Å². The summed E-state index contributed by atoms with van der Waals surface area (Å²) in [7, 11) is 0. The smallest absolute Gasteiger partial charge is 0.272 e. The van der Waals surface area contributed by atoms with Gasteiger partial charge in [-0.15, -0.1) is 0 Å². The van der Waals surface area contributed by atoms with Crippen molar-refractivity contribution in [2.45, 2.75) is 26.4 Å². The number of ketones is 1. The molecule has 0 fully saturated rings.